The molecule has 1 aromatic rings. The fraction of sp³-hybridized carbons (Fsp3) is 0.500. The predicted octanol–water partition coefficient (Wildman–Crippen LogP) is 0.722. The highest BCUT2D eigenvalue weighted by atomic mass is 16.2. The van der Waals surface area contributed by atoms with Crippen molar-refractivity contribution in [1.29, 1.82) is 0 Å². The van der Waals surface area contributed by atoms with Crippen LogP contribution in [-0.4, -0.2) is 42.9 Å². The van der Waals surface area contributed by atoms with Crippen LogP contribution in [0.4, 0.5) is 5.69 Å². The molecule has 1 aromatic carbocycles. The highest BCUT2D eigenvalue weighted by Crippen LogP contribution is 2.22. The summed E-state index contributed by atoms with van der Waals surface area (Å²) >= 11 is 0. The van der Waals surface area contributed by atoms with Gasteiger partial charge in [-0.3, -0.25) is 15.0 Å². The second-order valence-electron chi connectivity index (χ2n) is 5.73. The van der Waals surface area contributed by atoms with Gasteiger partial charge in [-0.05, 0) is 25.5 Å². The lowest BCUT2D eigenvalue weighted by Crippen LogP contribution is -2.49. The topological polar surface area (TPSA) is 78.7 Å². The quantitative estimate of drug-likeness (QED) is 0.488. The van der Waals surface area contributed by atoms with Gasteiger partial charge >= 0.3 is 0 Å². The Hall–Kier alpha value is -2.08. The van der Waals surface area contributed by atoms with Crippen molar-refractivity contribution >= 4 is 17.5 Å². The summed E-state index contributed by atoms with van der Waals surface area (Å²) in [6.07, 6.45) is 0.360. The van der Waals surface area contributed by atoms with Crippen molar-refractivity contribution in [1.82, 2.24) is 10.3 Å². The minimum Gasteiger partial charge on any atom is -0.368 e. The van der Waals surface area contributed by atoms with Crippen LogP contribution in [0.25, 0.3) is 0 Å². The first kappa shape index (κ1) is 16.3. The molecule has 120 valence electrons. The lowest BCUT2D eigenvalue weighted by molar-refractivity contribution is -0.133. The Morgan fingerprint density at radius 2 is 1.82 bits per heavy atom. The fourth-order valence-electron chi connectivity index (χ4n) is 2.81. The number of hydrogen-bond acceptors (Lipinski definition) is 4. The molecule has 0 saturated carbocycles. The third-order valence-electron chi connectivity index (χ3n) is 4.05. The Morgan fingerprint density at radius 3 is 2.41 bits per heavy atom. The van der Waals surface area contributed by atoms with Crippen LogP contribution in [0.1, 0.15) is 24.0 Å². The number of nitrogens with one attached hydrogen (secondary N) is 1. The maximum atomic E-state index is 12.1. The van der Waals surface area contributed by atoms with Gasteiger partial charge in [-0.25, -0.2) is 5.84 Å². The summed E-state index contributed by atoms with van der Waals surface area (Å²) in [4.78, 5) is 27.3. The zero-order valence-electron chi connectivity index (χ0n) is 13.3. The number of hydrogen-bond donors (Lipinski definition) is 2. The van der Waals surface area contributed by atoms with Crippen LogP contribution < -0.4 is 16.2 Å². The maximum absolute atomic E-state index is 12.1. The van der Waals surface area contributed by atoms with Gasteiger partial charge < -0.3 is 9.80 Å². The van der Waals surface area contributed by atoms with Gasteiger partial charge in [0.2, 0.25) is 11.8 Å². The van der Waals surface area contributed by atoms with E-state index in [0.717, 1.165) is 13.1 Å². The monoisotopic (exact) mass is 304 g/mol. The van der Waals surface area contributed by atoms with Gasteiger partial charge in [-0.1, -0.05) is 17.7 Å². The highest BCUT2D eigenvalue weighted by Gasteiger charge is 2.22. The smallest absolute Gasteiger partial charge is 0.234 e. The largest absolute Gasteiger partial charge is 0.368 e. The molecule has 3 N–H and O–H groups in total. The molecule has 1 aliphatic rings. The molecule has 2 amide bonds. The van der Waals surface area contributed by atoms with Gasteiger partial charge in [0.05, 0.1) is 0 Å². The molecule has 1 saturated heterocycles. The molecule has 0 radical (unpaired) electrons. The zero-order chi connectivity index (χ0) is 16.1. The molecule has 0 spiro atoms. The predicted molar refractivity (Wildman–Crippen MR) is 86.3 cm³/mol. The highest BCUT2D eigenvalue weighted by molar-refractivity contribution is 5.83. The van der Waals surface area contributed by atoms with E-state index in [4.69, 9.17) is 5.84 Å². The van der Waals surface area contributed by atoms with Gasteiger partial charge in [0, 0.05) is 44.7 Å². The van der Waals surface area contributed by atoms with Gasteiger partial charge in [0.15, 0.2) is 0 Å². The molecule has 1 fully saturated rings. The van der Waals surface area contributed by atoms with Crippen molar-refractivity contribution in [2.45, 2.75) is 26.7 Å². The number of rotatable bonds is 4. The number of aryl methyl sites for hydroxylation is 2. The van der Waals surface area contributed by atoms with E-state index in [1.807, 2.05) is 10.3 Å². The first-order chi connectivity index (χ1) is 10.5. The number of amides is 2. The third-order valence-corrected chi connectivity index (χ3v) is 4.05. The maximum Gasteiger partial charge on any atom is 0.234 e. The Balaban J connectivity index is 1.87. The molecular weight excluding hydrogens is 280 g/mol. The summed E-state index contributed by atoms with van der Waals surface area (Å²) in [7, 11) is 0. The normalized spacial score (nSPS) is 14.9. The van der Waals surface area contributed by atoms with Gasteiger partial charge in [0.25, 0.3) is 0 Å². The number of benzene rings is 1. The number of hydrazine groups is 1. The van der Waals surface area contributed by atoms with Crippen molar-refractivity contribution in [3.63, 3.8) is 0 Å². The zero-order valence-corrected chi connectivity index (χ0v) is 13.3. The van der Waals surface area contributed by atoms with Gasteiger partial charge in [0.1, 0.15) is 0 Å². The second kappa shape index (κ2) is 7.26. The van der Waals surface area contributed by atoms with Crippen molar-refractivity contribution < 1.29 is 9.59 Å². The number of anilines is 1. The summed E-state index contributed by atoms with van der Waals surface area (Å²) < 4.78 is 0. The summed E-state index contributed by atoms with van der Waals surface area (Å²) in [6.45, 7) is 7.22. The van der Waals surface area contributed by atoms with E-state index in [1.165, 1.54) is 16.8 Å². The average Bonchev–Trinajstić information content (AvgIpc) is 2.52. The lowest BCUT2D eigenvalue weighted by Gasteiger charge is -2.37. The van der Waals surface area contributed by atoms with Crippen molar-refractivity contribution in [2.24, 2.45) is 5.84 Å². The molecule has 0 bridgehead atoms. The number of carbonyl (C=O) groups excluding carboxylic acids is 2. The van der Waals surface area contributed by atoms with Crippen molar-refractivity contribution in [3.05, 3.63) is 29.3 Å². The Bertz CT molecular complexity index is 551. The van der Waals surface area contributed by atoms with Crippen molar-refractivity contribution in [2.75, 3.05) is 31.1 Å². The Morgan fingerprint density at radius 1 is 1.14 bits per heavy atom. The molecular formula is C16H24N4O2. The lowest BCUT2D eigenvalue weighted by atomic mass is 10.1. The molecule has 1 aliphatic heterocycles. The molecule has 2 rings (SSSR count). The van der Waals surface area contributed by atoms with Gasteiger partial charge in [-0.2, -0.15) is 0 Å². The first-order valence-electron chi connectivity index (χ1n) is 7.60. The minimum absolute atomic E-state index is 0.0175. The molecule has 1 heterocycles. The number of carbonyl (C=O) groups is 2. The molecule has 22 heavy (non-hydrogen) atoms. The van der Waals surface area contributed by atoms with Crippen LogP contribution in [0.2, 0.25) is 0 Å². The summed E-state index contributed by atoms with van der Waals surface area (Å²) in [5.74, 6) is 4.73. The molecule has 0 aromatic heterocycles. The summed E-state index contributed by atoms with van der Waals surface area (Å²) in [6, 6.07) is 6.44. The van der Waals surface area contributed by atoms with E-state index in [1.54, 1.807) is 0 Å². The molecule has 0 unspecified atom stereocenters. The van der Waals surface area contributed by atoms with E-state index >= 15 is 0 Å². The standard InChI is InChI=1S/C16H24N4O2/c1-12-3-4-14(13(2)11-12)19-7-9-20(10-8-19)16(22)6-5-15(21)18-17/h3-4,11H,5-10,17H2,1-2H3,(H,18,21). The Kier molecular flexibility index (Phi) is 5.38. The first-order valence-corrected chi connectivity index (χ1v) is 7.60. The van der Waals surface area contributed by atoms with Crippen LogP contribution in [0.3, 0.4) is 0 Å². The van der Waals surface area contributed by atoms with Crippen LogP contribution in [0.15, 0.2) is 18.2 Å². The summed E-state index contributed by atoms with van der Waals surface area (Å²) in [5, 5.41) is 0. The van der Waals surface area contributed by atoms with Crippen LogP contribution in [0.5, 0.6) is 0 Å². The second-order valence-corrected chi connectivity index (χ2v) is 5.73. The number of piperazine rings is 1. The number of nitrogens with zero attached hydrogens (tertiary/aromatic N) is 2. The fourth-order valence-corrected chi connectivity index (χ4v) is 2.81. The summed E-state index contributed by atoms with van der Waals surface area (Å²) in [5.41, 5.74) is 5.80. The van der Waals surface area contributed by atoms with E-state index < -0.39 is 0 Å². The number of nitrogens with two attached hydrogens (primary N) is 1. The molecule has 0 atom stereocenters. The SMILES string of the molecule is Cc1ccc(N2CCN(C(=O)CCC(=O)NN)CC2)c(C)c1. The van der Waals surface area contributed by atoms with Gasteiger partial charge in [-0.15, -0.1) is 0 Å². The minimum atomic E-state index is -0.303. The van der Waals surface area contributed by atoms with Crippen LogP contribution >= 0.6 is 0 Å². The molecule has 6 heteroatoms. The molecule has 0 aliphatic carbocycles. The van der Waals surface area contributed by atoms with Crippen LogP contribution in [-0.2, 0) is 9.59 Å². The van der Waals surface area contributed by atoms with Crippen LogP contribution in [0, 0.1) is 13.8 Å². The van der Waals surface area contributed by atoms with E-state index in [9.17, 15) is 9.59 Å². The van der Waals surface area contributed by atoms with E-state index in [2.05, 4.69) is 36.9 Å². The Labute approximate surface area is 131 Å². The van der Waals surface area contributed by atoms with E-state index in [0.29, 0.717) is 13.1 Å². The average molecular weight is 304 g/mol. The molecule has 6 nitrogen and oxygen atoms in total. The third kappa shape index (κ3) is 3.98. The van der Waals surface area contributed by atoms with Crippen molar-refractivity contribution in [3.8, 4) is 0 Å². The van der Waals surface area contributed by atoms with E-state index in [-0.39, 0.29) is 24.7 Å².